The Hall–Kier alpha value is -2.06. The van der Waals surface area contributed by atoms with Gasteiger partial charge >= 0.3 is 18.1 Å². The van der Waals surface area contributed by atoms with Gasteiger partial charge in [0.05, 0.1) is 18.6 Å². The van der Waals surface area contributed by atoms with Gasteiger partial charge in [-0.05, 0) is 31.6 Å². The fraction of sp³-hybridized carbons (Fsp3) is 0.688. The molecule has 0 amide bonds. The molecular weight excluding hydrogens is 341 g/mol. The monoisotopic (exact) mass is 364 g/mol. The van der Waals surface area contributed by atoms with E-state index in [1.807, 2.05) is 0 Å². The van der Waals surface area contributed by atoms with Gasteiger partial charge in [0.2, 0.25) is 0 Å². The number of ether oxygens (including phenoxy) is 1. The highest BCUT2D eigenvalue weighted by Crippen LogP contribution is 2.43. The van der Waals surface area contributed by atoms with Gasteiger partial charge in [-0.2, -0.15) is 13.2 Å². The topological polar surface area (TPSA) is 102 Å². The van der Waals surface area contributed by atoms with E-state index in [9.17, 15) is 22.8 Å². The molecule has 25 heavy (non-hydrogen) atoms. The van der Waals surface area contributed by atoms with Crippen LogP contribution in [0.5, 0.6) is 0 Å². The molecule has 1 rings (SSSR count). The van der Waals surface area contributed by atoms with Crippen LogP contribution in [0, 0.1) is 11.3 Å². The van der Waals surface area contributed by atoms with Crippen molar-refractivity contribution in [1.82, 2.24) is 0 Å². The minimum atomic E-state index is -4.94. The summed E-state index contributed by atoms with van der Waals surface area (Å²) in [5.74, 6) is -2.60. The van der Waals surface area contributed by atoms with Gasteiger partial charge in [-0.15, -0.1) is 0 Å². The lowest BCUT2D eigenvalue weighted by Gasteiger charge is -2.39. The van der Waals surface area contributed by atoms with Crippen LogP contribution in [0.3, 0.4) is 0 Å². The summed E-state index contributed by atoms with van der Waals surface area (Å²) in [5, 5.41) is 8.92. The number of alkyl halides is 3. The lowest BCUT2D eigenvalue weighted by molar-refractivity contribution is -0.154. The van der Waals surface area contributed by atoms with Gasteiger partial charge in [0.1, 0.15) is 5.57 Å². The third kappa shape index (κ3) is 5.20. The predicted octanol–water partition coefficient (Wildman–Crippen LogP) is 2.67. The minimum Gasteiger partial charge on any atom is -0.478 e. The van der Waals surface area contributed by atoms with Crippen molar-refractivity contribution in [3.63, 3.8) is 0 Å². The number of carboxylic acid groups (broad SMARTS) is 1. The smallest absolute Gasteiger partial charge is 0.433 e. The van der Waals surface area contributed by atoms with Crippen LogP contribution in [-0.2, 0) is 14.3 Å². The molecule has 1 aliphatic carbocycles. The zero-order chi connectivity index (χ0) is 19.4. The number of aliphatic carboxylic acids is 1. The van der Waals surface area contributed by atoms with Gasteiger partial charge in [0.15, 0.2) is 5.71 Å². The lowest BCUT2D eigenvalue weighted by Crippen LogP contribution is -2.40. The number of nitrogens with two attached hydrogens (primary N) is 1. The molecule has 9 heteroatoms. The van der Waals surface area contributed by atoms with Crippen LogP contribution in [0.15, 0.2) is 16.8 Å². The molecular formula is C16H23F3N2O4. The molecule has 0 bridgehead atoms. The number of hydrogen-bond acceptors (Lipinski definition) is 5. The summed E-state index contributed by atoms with van der Waals surface area (Å²) >= 11 is 0. The Kier molecular flexibility index (Phi) is 6.61. The maximum absolute atomic E-state index is 13.2. The molecule has 142 valence electrons. The standard InChI is InChI=1S/C16H23F3N2O4/c1-4-25-14(24)11-6-5-9(7-15(11,2)3)21-12(16(17,18)19)10(8-20)13(22)23/h8-9,11H,4-7,20H2,1-3H3,(H,22,23)/t9-,11+/m0/s1. The molecule has 1 fully saturated rings. The number of aliphatic imine (C=N–C) groups is 1. The first-order valence-corrected chi connectivity index (χ1v) is 7.91. The zero-order valence-corrected chi connectivity index (χ0v) is 14.4. The van der Waals surface area contributed by atoms with E-state index in [1.54, 1.807) is 20.8 Å². The molecule has 6 nitrogen and oxygen atoms in total. The average molecular weight is 364 g/mol. The quantitative estimate of drug-likeness (QED) is 0.444. The second-order valence-electron chi connectivity index (χ2n) is 6.59. The van der Waals surface area contributed by atoms with E-state index >= 15 is 0 Å². The zero-order valence-electron chi connectivity index (χ0n) is 14.4. The fourth-order valence-corrected chi connectivity index (χ4v) is 3.12. The van der Waals surface area contributed by atoms with Crippen molar-refractivity contribution in [2.75, 3.05) is 6.61 Å². The highest BCUT2D eigenvalue weighted by Gasteiger charge is 2.45. The largest absolute Gasteiger partial charge is 0.478 e. The summed E-state index contributed by atoms with van der Waals surface area (Å²) in [6.45, 7) is 5.44. The molecule has 0 heterocycles. The van der Waals surface area contributed by atoms with Crippen molar-refractivity contribution in [3.8, 4) is 0 Å². The van der Waals surface area contributed by atoms with Gasteiger partial charge in [0.25, 0.3) is 0 Å². The molecule has 0 saturated heterocycles. The number of carbonyl (C=O) groups excluding carboxylic acids is 1. The summed E-state index contributed by atoms with van der Waals surface area (Å²) in [5.41, 5.74) is 1.83. The first-order valence-electron chi connectivity index (χ1n) is 7.91. The third-order valence-electron chi connectivity index (χ3n) is 4.30. The van der Waals surface area contributed by atoms with Crippen molar-refractivity contribution < 1.29 is 32.6 Å². The fourth-order valence-electron chi connectivity index (χ4n) is 3.12. The maximum atomic E-state index is 13.2. The normalized spacial score (nSPS) is 24.7. The average Bonchev–Trinajstić information content (AvgIpc) is 2.44. The highest BCUT2D eigenvalue weighted by atomic mass is 19.4. The van der Waals surface area contributed by atoms with E-state index in [4.69, 9.17) is 15.6 Å². The number of esters is 1. The molecule has 0 aromatic heterocycles. The van der Waals surface area contributed by atoms with E-state index in [2.05, 4.69) is 4.99 Å². The summed E-state index contributed by atoms with van der Waals surface area (Å²) in [6, 6.07) is -0.758. The molecule has 3 N–H and O–H groups in total. The number of rotatable bonds is 5. The van der Waals surface area contributed by atoms with E-state index in [0.29, 0.717) is 12.6 Å². The molecule has 0 radical (unpaired) electrons. The summed E-state index contributed by atoms with van der Waals surface area (Å²) < 4.78 is 44.6. The van der Waals surface area contributed by atoms with Gasteiger partial charge in [0, 0.05) is 6.20 Å². The van der Waals surface area contributed by atoms with Crippen molar-refractivity contribution in [3.05, 3.63) is 11.8 Å². The van der Waals surface area contributed by atoms with Crippen LogP contribution in [-0.4, -0.2) is 41.6 Å². The van der Waals surface area contributed by atoms with Crippen molar-refractivity contribution >= 4 is 17.7 Å². The molecule has 0 spiro atoms. The van der Waals surface area contributed by atoms with Crippen LogP contribution in [0.4, 0.5) is 13.2 Å². The van der Waals surface area contributed by atoms with Crippen molar-refractivity contribution in [2.45, 2.75) is 52.3 Å². The molecule has 2 atom stereocenters. The van der Waals surface area contributed by atoms with Gasteiger partial charge in [-0.3, -0.25) is 9.79 Å². The van der Waals surface area contributed by atoms with Crippen LogP contribution in [0.25, 0.3) is 0 Å². The molecule has 1 aliphatic rings. The number of nitrogens with zero attached hydrogens (tertiary/aromatic N) is 1. The van der Waals surface area contributed by atoms with Gasteiger partial charge in [-0.25, -0.2) is 4.79 Å². The molecule has 0 aromatic carbocycles. The Morgan fingerprint density at radius 1 is 1.36 bits per heavy atom. The van der Waals surface area contributed by atoms with E-state index in [-0.39, 0.29) is 25.4 Å². The Labute approximate surface area is 143 Å². The maximum Gasteiger partial charge on any atom is 0.433 e. The summed E-state index contributed by atoms with van der Waals surface area (Å²) in [4.78, 5) is 26.7. The van der Waals surface area contributed by atoms with E-state index in [0.717, 1.165) is 0 Å². The van der Waals surface area contributed by atoms with Crippen molar-refractivity contribution in [2.24, 2.45) is 22.1 Å². The molecule has 0 unspecified atom stereocenters. The number of hydrogen-bond donors (Lipinski definition) is 2. The molecule has 0 aromatic rings. The van der Waals surface area contributed by atoms with Gasteiger partial charge < -0.3 is 15.6 Å². The highest BCUT2D eigenvalue weighted by molar-refractivity contribution is 6.21. The second-order valence-corrected chi connectivity index (χ2v) is 6.59. The number of carbonyl (C=O) groups is 2. The first-order chi connectivity index (χ1) is 11.4. The molecule has 1 saturated carbocycles. The predicted molar refractivity (Wildman–Crippen MR) is 84.9 cm³/mol. The van der Waals surface area contributed by atoms with Crippen molar-refractivity contribution in [1.29, 1.82) is 0 Å². The molecule has 0 aliphatic heterocycles. The third-order valence-corrected chi connectivity index (χ3v) is 4.30. The van der Waals surface area contributed by atoms with Crippen LogP contribution in [0.1, 0.15) is 40.0 Å². The Balaban J connectivity index is 3.10. The number of halogens is 3. The van der Waals surface area contributed by atoms with Gasteiger partial charge in [-0.1, -0.05) is 13.8 Å². The lowest BCUT2D eigenvalue weighted by atomic mass is 9.67. The first kappa shape index (κ1) is 21.0. The Bertz CT molecular complexity index is 582. The number of carboxylic acids is 1. The van der Waals surface area contributed by atoms with E-state index in [1.165, 1.54) is 0 Å². The SMILES string of the molecule is CCOC(=O)[C@H]1CC[C@H](N=C(C(=CN)C(=O)O)C(F)(F)F)CC1(C)C. The second kappa shape index (κ2) is 7.88. The van der Waals surface area contributed by atoms with Crippen LogP contribution in [0.2, 0.25) is 0 Å². The summed E-state index contributed by atoms with van der Waals surface area (Å²) in [6.07, 6.45) is -3.80. The Morgan fingerprint density at radius 3 is 2.36 bits per heavy atom. The Morgan fingerprint density at radius 2 is 1.96 bits per heavy atom. The summed E-state index contributed by atoms with van der Waals surface area (Å²) in [7, 11) is 0. The van der Waals surface area contributed by atoms with E-state index < -0.39 is 40.8 Å². The minimum absolute atomic E-state index is 0.202. The van der Waals surface area contributed by atoms with Crippen LogP contribution >= 0.6 is 0 Å². The van der Waals surface area contributed by atoms with Crippen LogP contribution < -0.4 is 5.73 Å².